The molecule has 2 rings (SSSR count). The van der Waals surface area contributed by atoms with Crippen molar-refractivity contribution in [1.29, 1.82) is 0 Å². The van der Waals surface area contributed by atoms with Gasteiger partial charge in [-0.25, -0.2) is 4.68 Å². The second-order valence-corrected chi connectivity index (χ2v) is 3.07. The summed E-state index contributed by atoms with van der Waals surface area (Å²) in [6.45, 7) is 0. The summed E-state index contributed by atoms with van der Waals surface area (Å²) >= 11 is 0. The zero-order valence-electron chi connectivity index (χ0n) is 6.40. The highest BCUT2D eigenvalue weighted by atomic mass is 16.3. The van der Waals surface area contributed by atoms with Crippen molar-refractivity contribution in [2.45, 2.75) is 31.7 Å². The molecule has 1 aromatic heterocycles. The monoisotopic (exact) mass is 152 g/mol. The van der Waals surface area contributed by atoms with Crippen LogP contribution in [-0.4, -0.2) is 14.9 Å². The Hall–Kier alpha value is -0.990. The van der Waals surface area contributed by atoms with Gasteiger partial charge in [-0.2, -0.15) is 5.10 Å². The molecule has 0 aromatic carbocycles. The molecule has 0 atom stereocenters. The van der Waals surface area contributed by atoms with Crippen LogP contribution in [0, 0.1) is 0 Å². The smallest absolute Gasteiger partial charge is 0.209 e. The molecule has 1 aliphatic carbocycles. The Morgan fingerprint density at radius 3 is 2.73 bits per heavy atom. The lowest BCUT2D eigenvalue weighted by Crippen LogP contribution is -2.05. The van der Waals surface area contributed by atoms with Crippen LogP contribution in [0.15, 0.2) is 12.3 Å². The summed E-state index contributed by atoms with van der Waals surface area (Å²) in [5, 5.41) is 13.4. The van der Waals surface area contributed by atoms with Crippen molar-refractivity contribution >= 4 is 0 Å². The van der Waals surface area contributed by atoms with Gasteiger partial charge in [-0.05, 0) is 12.8 Å². The first-order chi connectivity index (χ1) is 5.38. The van der Waals surface area contributed by atoms with Crippen molar-refractivity contribution in [3.8, 4) is 5.88 Å². The summed E-state index contributed by atoms with van der Waals surface area (Å²) in [7, 11) is 0. The van der Waals surface area contributed by atoms with Crippen molar-refractivity contribution in [3.05, 3.63) is 12.3 Å². The van der Waals surface area contributed by atoms with Crippen molar-refractivity contribution in [2.75, 3.05) is 0 Å². The second-order valence-electron chi connectivity index (χ2n) is 3.07. The molecular formula is C8H12N2O. The van der Waals surface area contributed by atoms with E-state index < -0.39 is 0 Å². The molecule has 3 heteroatoms. The summed E-state index contributed by atoms with van der Waals surface area (Å²) < 4.78 is 1.73. The van der Waals surface area contributed by atoms with Gasteiger partial charge in [0.1, 0.15) is 0 Å². The number of hydrogen-bond donors (Lipinski definition) is 1. The predicted octanol–water partition coefficient (Wildman–Crippen LogP) is 1.70. The van der Waals surface area contributed by atoms with Gasteiger partial charge in [0.15, 0.2) is 0 Å². The largest absolute Gasteiger partial charge is 0.493 e. The molecule has 0 unspecified atom stereocenters. The maximum Gasteiger partial charge on any atom is 0.209 e. The van der Waals surface area contributed by atoms with E-state index in [1.165, 1.54) is 12.8 Å². The van der Waals surface area contributed by atoms with Crippen LogP contribution < -0.4 is 0 Å². The van der Waals surface area contributed by atoms with Gasteiger partial charge in [0.05, 0.1) is 12.2 Å². The lowest BCUT2D eigenvalue weighted by Gasteiger charge is -2.09. The highest BCUT2D eigenvalue weighted by Crippen LogP contribution is 2.31. The molecule has 60 valence electrons. The molecule has 0 aliphatic heterocycles. The molecule has 0 radical (unpaired) electrons. The predicted molar refractivity (Wildman–Crippen MR) is 41.4 cm³/mol. The molecule has 1 heterocycles. The topological polar surface area (TPSA) is 38.1 Å². The molecule has 0 saturated heterocycles. The van der Waals surface area contributed by atoms with E-state index in [1.807, 2.05) is 0 Å². The second kappa shape index (κ2) is 2.57. The van der Waals surface area contributed by atoms with E-state index >= 15 is 0 Å². The van der Waals surface area contributed by atoms with Crippen molar-refractivity contribution < 1.29 is 5.11 Å². The Bertz CT molecular complexity index is 238. The molecule has 1 N–H and O–H groups in total. The van der Waals surface area contributed by atoms with Crippen LogP contribution in [0.4, 0.5) is 0 Å². The number of hydrogen-bond acceptors (Lipinski definition) is 2. The molecule has 1 fully saturated rings. The third-order valence-corrected chi connectivity index (χ3v) is 2.32. The minimum absolute atomic E-state index is 0.303. The van der Waals surface area contributed by atoms with Gasteiger partial charge in [0.2, 0.25) is 5.88 Å². The standard InChI is InChI=1S/C8H12N2O/c11-8-5-6-9-10(8)7-3-1-2-4-7/h5-7,11H,1-4H2. The minimum atomic E-state index is 0.303. The lowest BCUT2D eigenvalue weighted by molar-refractivity contribution is 0.357. The van der Waals surface area contributed by atoms with Crippen LogP contribution in [0.2, 0.25) is 0 Å². The van der Waals surface area contributed by atoms with Gasteiger partial charge in [-0.15, -0.1) is 0 Å². The van der Waals surface area contributed by atoms with E-state index in [2.05, 4.69) is 5.10 Å². The van der Waals surface area contributed by atoms with E-state index in [-0.39, 0.29) is 0 Å². The van der Waals surface area contributed by atoms with Crippen LogP contribution in [0.25, 0.3) is 0 Å². The van der Waals surface area contributed by atoms with Crippen molar-refractivity contribution in [3.63, 3.8) is 0 Å². The Balaban J connectivity index is 2.21. The maximum absolute atomic E-state index is 9.31. The summed E-state index contributed by atoms with van der Waals surface area (Å²) in [4.78, 5) is 0. The lowest BCUT2D eigenvalue weighted by atomic mass is 10.3. The third-order valence-electron chi connectivity index (χ3n) is 2.32. The normalized spacial score (nSPS) is 19.3. The third kappa shape index (κ3) is 1.11. The van der Waals surface area contributed by atoms with Gasteiger partial charge in [-0.1, -0.05) is 12.8 Å². The summed E-state index contributed by atoms with van der Waals surface area (Å²) in [5.74, 6) is 0.303. The molecule has 1 aliphatic rings. The summed E-state index contributed by atoms with van der Waals surface area (Å²) in [5.41, 5.74) is 0. The summed E-state index contributed by atoms with van der Waals surface area (Å²) in [6.07, 6.45) is 6.51. The Morgan fingerprint density at radius 2 is 2.18 bits per heavy atom. The quantitative estimate of drug-likeness (QED) is 0.665. The van der Waals surface area contributed by atoms with Crippen LogP contribution in [-0.2, 0) is 0 Å². The Morgan fingerprint density at radius 1 is 1.45 bits per heavy atom. The zero-order chi connectivity index (χ0) is 7.68. The van der Waals surface area contributed by atoms with E-state index in [4.69, 9.17) is 0 Å². The molecule has 1 aromatic rings. The SMILES string of the molecule is Oc1ccnn1C1CCCC1. The fraction of sp³-hybridized carbons (Fsp3) is 0.625. The van der Waals surface area contributed by atoms with Gasteiger partial charge in [0.25, 0.3) is 0 Å². The van der Waals surface area contributed by atoms with Gasteiger partial charge >= 0.3 is 0 Å². The highest BCUT2D eigenvalue weighted by Gasteiger charge is 2.18. The van der Waals surface area contributed by atoms with Crippen LogP contribution in [0.1, 0.15) is 31.7 Å². The molecule has 0 amide bonds. The van der Waals surface area contributed by atoms with Gasteiger partial charge in [0, 0.05) is 6.07 Å². The molecule has 3 nitrogen and oxygen atoms in total. The number of aromatic hydroxyl groups is 1. The van der Waals surface area contributed by atoms with Crippen LogP contribution in [0.3, 0.4) is 0 Å². The molecule has 11 heavy (non-hydrogen) atoms. The molecule has 0 bridgehead atoms. The first-order valence-corrected chi connectivity index (χ1v) is 4.10. The van der Waals surface area contributed by atoms with Gasteiger partial charge < -0.3 is 5.11 Å². The first-order valence-electron chi connectivity index (χ1n) is 4.10. The fourth-order valence-corrected chi connectivity index (χ4v) is 1.74. The number of nitrogens with zero attached hydrogens (tertiary/aromatic N) is 2. The molecular weight excluding hydrogens is 140 g/mol. The van der Waals surface area contributed by atoms with Crippen LogP contribution in [0.5, 0.6) is 5.88 Å². The highest BCUT2D eigenvalue weighted by molar-refractivity contribution is 5.06. The zero-order valence-corrected chi connectivity index (χ0v) is 6.40. The number of rotatable bonds is 1. The van der Waals surface area contributed by atoms with E-state index in [9.17, 15) is 5.11 Å². The summed E-state index contributed by atoms with van der Waals surface area (Å²) in [6, 6.07) is 2.09. The van der Waals surface area contributed by atoms with E-state index in [1.54, 1.807) is 16.9 Å². The van der Waals surface area contributed by atoms with E-state index in [0.29, 0.717) is 11.9 Å². The Kier molecular flexibility index (Phi) is 1.56. The average molecular weight is 152 g/mol. The minimum Gasteiger partial charge on any atom is -0.493 e. The molecule has 0 spiro atoms. The van der Waals surface area contributed by atoms with Crippen LogP contribution >= 0.6 is 0 Å². The van der Waals surface area contributed by atoms with E-state index in [0.717, 1.165) is 12.8 Å². The van der Waals surface area contributed by atoms with Gasteiger partial charge in [-0.3, -0.25) is 0 Å². The Labute approximate surface area is 65.7 Å². The fourth-order valence-electron chi connectivity index (χ4n) is 1.74. The van der Waals surface area contributed by atoms with Crippen molar-refractivity contribution in [1.82, 2.24) is 9.78 Å². The first kappa shape index (κ1) is 6.70. The average Bonchev–Trinajstić information content (AvgIpc) is 2.55. The number of aromatic nitrogens is 2. The van der Waals surface area contributed by atoms with Crippen molar-refractivity contribution in [2.24, 2.45) is 0 Å². The maximum atomic E-state index is 9.31. The molecule has 1 saturated carbocycles.